The van der Waals surface area contributed by atoms with Crippen LogP contribution in [-0.4, -0.2) is 31.4 Å². The molecular weight excluding hydrogens is 429 g/mol. The summed E-state index contributed by atoms with van der Waals surface area (Å²) < 4.78 is 9.49. The summed E-state index contributed by atoms with van der Waals surface area (Å²) in [5.41, 5.74) is 1.60. The second-order valence-corrected chi connectivity index (χ2v) is 8.03. The number of aryl methyl sites for hydroxylation is 1. The van der Waals surface area contributed by atoms with Crippen molar-refractivity contribution < 1.29 is 4.74 Å². The summed E-state index contributed by atoms with van der Waals surface area (Å²) >= 11 is 14.0. The van der Waals surface area contributed by atoms with Crippen LogP contribution in [0.5, 0.6) is 5.75 Å². The minimum absolute atomic E-state index is 0.589. The van der Waals surface area contributed by atoms with E-state index in [-0.39, 0.29) is 0 Å². The third-order valence-electron chi connectivity index (χ3n) is 4.35. The minimum atomic E-state index is 0.589. The first kappa shape index (κ1) is 19.8. The van der Waals surface area contributed by atoms with Crippen molar-refractivity contribution in [2.75, 3.05) is 7.11 Å². The predicted octanol–water partition coefficient (Wildman–Crippen LogP) is 5.28. The second-order valence-electron chi connectivity index (χ2n) is 6.21. The summed E-state index contributed by atoms with van der Waals surface area (Å²) in [6, 6.07) is 12.9. The summed E-state index contributed by atoms with van der Waals surface area (Å²) in [6.07, 6.45) is 3.69. The lowest BCUT2D eigenvalue weighted by Crippen LogP contribution is -2.03. The van der Waals surface area contributed by atoms with Gasteiger partial charge in [0.15, 0.2) is 11.0 Å². The number of thioether (sulfide) groups is 1. The van der Waals surface area contributed by atoms with E-state index in [2.05, 4.69) is 15.2 Å². The Morgan fingerprint density at radius 3 is 2.62 bits per heavy atom. The molecule has 0 radical (unpaired) electrons. The van der Waals surface area contributed by atoms with Crippen LogP contribution in [0.2, 0.25) is 10.0 Å². The zero-order chi connectivity index (χ0) is 20.4. The quantitative estimate of drug-likeness (QED) is 0.378. The van der Waals surface area contributed by atoms with E-state index in [0.29, 0.717) is 32.5 Å². The van der Waals surface area contributed by atoms with E-state index in [4.69, 9.17) is 27.9 Å². The van der Waals surface area contributed by atoms with E-state index in [1.165, 1.54) is 11.8 Å². The van der Waals surface area contributed by atoms with Crippen molar-refractivity contribution in [1.29, 1.82) is 0 Å². The van der Waals surface area contributed by atoms with Gasteiger partial charge in [-0.2, -0.15) is 0 Å². The van der Waals surface area contributed by atoms with Gasteiger partial charge in [0, 0.05) is 35.1 Å². The first-order valence-electron chi connectivity index (χ1n) is 8.71. The normalized spacial score (nSPS) is 11.0. The van der Waals surface area contributed by atoms with Gasteiger partial charge in [0.1, 0.15) is 11.6 Å². The van der Waals surface area contributed by atoms with Crippen molar-refractivity contribution >= 4 is 35.0 Å². The van der Waals surface area contributed by atoms with E-state index in [1.54, 1.807) is 19.4 Å². The van der Waals surface area contributed by atoms with Crippen LogP contribution in [0.15, 0.2) is 60.0 Å². The van der Waals surface area contributed by atoms with Crippen LogP contribution >= 0.6 is 35.0 Å². The Bertz CT molecular complexity index is 1160. The van der Waals surface area contributed by atoms with Crippen molar-refractivity contribution in [2.24, 2.45) is 7.05 Å². The highest BCUT2D eigenvalue weighted by Crippen LogP contribution is 2.35. The van der Waals surface area contributed by atoms with Gasteiger partial charge in [-0.3, -0.25) is 4.57 Å². The molecule has 29 heavy (non-hydrogen) atoms. The van der Waals surface area contributed by atoms with Crippen LogP contribution in [0.25, 0.3) is 17.1 Å². The largest absolute Gasteiger partial charge is 0.495 e. The van der Waals surface area contributed by atoms with Gasteiger partial charge >= 0.3 is 0 Å². The number of imidazole rings is 1. The van der Waals surface area contributed by atoms with Gasteiger partial charge < -0.3 is 9.30 Å². The van der Waals surface area contributed by atoms with Crippen molar-refractivity contribution in [1.82, 2.24) is 24.3 Å². The van der Waals surface area contributed by atoms with Crippen LogP contribution < -0.4 is 4.74 Å². The molecule has 0 amide bonds. The van der Waals surface area contributed by atoms with E-state index in [0.717, 1.165) is 17.1 Å². The van der Waals surface area contributed by atoms with Crippen LogP contribution in [0.4, 0.5) is 0 Å². The summed E-state index contributed by atoms with van der Waals surface area (Å²) in [5, 5.41) is 10.8. The van der Waals surface area contributed by atoms with E-state index in [9.17, 15) is 0 Å². The molecule has 9 heteroatoms. The SMILES string of the molecule is COc1ccc(Cl)cc1-n1c(SCc2nccn2C)nnc1-c1cccc(Cl)c1. The van der Waals surface area contributed by atoms with E-state index in [1.807, 2.05) is 58.8 Å². The van der Waals surface area contributed by atoms with Gasteiger partial charge in [-0.25, -0.2) is 4.98 Å². The monoisotopic (exact) mass is 445 g/mol. The van der Waals surface area contributed by atoms with E-state index < -0.39 is 0 Å². The minimum Gasteiger partial charge on any atom is -0.495 e. The lowest BCUT2D eigenvalue weighted by atomic mass is 10.2. The first-order chi connectivity index (χ1) is 14.1. The molecule has 0 aliphatic rings. The Kier molecular flexibility index (Phi) is 5.80. The lowest BCUT2D eigenvalue weighted by Gasteiger charge is -2.14. The molecule has 0 saturated heterocycles. The standard InChI is InChI=1S/C20H17Cl2N5OS/c1-26-9-8-23-18(26)12-29-20-25-24-19(13-4-3-5-14(21)10-13)27(20)16-11-15(22)6-7-17(16)28-2/h3-11H,12H2,1-2H3. The van der Waals surface area contributed by atoms with Gasteiger partial charge in [0.2, 0.25) is 0 Å². The summed E-state index contributed by atoms with van der Waals surface area (Å²) in [6.45, 7) is 0. The molecular formula is C20H17Cl2N5OS. The molecule has 0 spiro atoms. The predicted molar refractivity (Wildman–Crippen MR) is 116 cm³/mol. The van der Waals surface area contributed by atoms with Crippen LogP contribution in [-0.2, 0) is 12.8 Å². The van der Waals surface area contributed by atoms with Crippen molar-refractivity contribution in [2.45, 2.75) is 10.9 Å². The molecule has 0 atom stereocenters. The highest BCUT2D eigenvalue weighted by Gasteiger charge is 2.20. The highest BCUT2D eigenvalue weighted by molar-refractivity contribution is 7.98. The second kappa shape index (κ2) is 8.49. The molecule has 0 aliphatic heterocycles. The number of halogens is 2. The fraction of sp³-hybridized carbons (Fsp3) is 0.150. The summed E-state index contributed by atoms with van der Waals surface area (Å²) in [7, 11) is 3.59. The summed E-state index contributed by atoms with van der Waals surface area (Å²) in [4.78, 5) is 4.38. The number of hydrogen-bond acceptors (Lipinski definition) is 5. The molecule has 0 unspecified atom stereocenters. The number of ether oxygens (including phenoxy) is 1. The number of rotatable bonds is 6. The van der Waals surface area contributed by atoms with Crippen molar-refractivity contribution in [3.63, 3.8) is 0 Å². The number of benzene rings is 2. The van der Waals surface area contributed by atoms with Gasteiger partial charge in [-0.05, 0) is 30.3 Å². The molecule has 2 aromatic heterocycles. The number of methoxy groups -OCH3 is 1. The Balaban J connectivity index is 1.84. The maximum absolute atomic E-state index is 6.29. The molecule has 0 saturated carbocycles. The van der Waals surface area contributed by atoms with Crippen LogP contribution in [0.1, 0.15) is 5.82 Å². The molecule has 6 nitrogen and oxygen atoms in total. The molecule has 0 N–H and O–H groups in total. The fourth-order valence-corrected chi connectivity index (χ4v) is 4.20. The maximum Gasteiger partial charge on any atom is 0.196 e. The van der Waals surface area contributed by atoms with Gasteiger partial charge in [-0.15, -0.1) is 10.2 Å². The third-order valence-corrected chi connectivity index (χ3v) is 5.74. The fourth-order valence-electron chi connectivity index (χ4n) is 2.90. The first-order valence-corrected chi connectivity index (χ1v) is 10.4. The van der Waals surface area contributed by atoms with Crippen LogP contribution in [0, 0.1) is 0 Å². The lowest BCUT2D eigenvalue weighted by molar-refractivity contribution is 0.412. The van der Waals surface area contributed by atoms with Gasteiger partial charge in [-0.1, -0.05) is 47.1 Å². The molecule has 2 heterocycles. The zero-order valence-corrected chi connectivity index (χ0v) is 18.0. The number of aromatic nitrogens is 5. The molecule has 0 fully saturated rings. The maximum atomic E-state index is 6.29. The average Bonchev–Trinajstić information content (AvgIpc) is 3.32. The van der Waals surface area contributed by atoms with Crippen molar-refractivity contribution in [3.05, 3.63) is 70.7 Å². The molecule has 4 rings (SSSR count). The summed E-state index contributed by atoms with van der Waals surface area (Å²) in [5.74, 6) is 2.89. The molecule has 2 aromatic carbocycles. The molecule has 0 aliphatic carbocycles. The Morgan fingerprint density at radius 1 is 1.07 bits per heavy atom. The van der Waals surface area contributed by atoms with Crippen LogP contribution in [0.3, 0.4) is 0 Å². The third kappa shape index (κ3) is 4.12. The number of hydrogen-bond donors (Lipinski definition) is 0. The van der Waals surface area contributed by atoms with Crippen molar-refractivity contribution in [3.8, 4) is 22.8 Å². The smallest absolute Gasteiger partial charge is 0.196 e. The van der Waals surface area contributed by atoms with E-state index >= 15 is 0 Å². The molecule has 0 bridgehead atoms. The Hall–Kier alpha value is -2.48. The number of nitrogens with zero attached hydrogens (tertiary/aromatic N) is 5. The topological polar surface area (TPSA) is 57.8 Å². The zero-order valence-electron chi connectivity index (χ0n) is 15.7. The van der Waals surface area contributed by atoms with Gasteiger partial charge in [0.25, 0.3) is 0 Å². The Morgan fingerprint density at radius 2 is 1.90 bits per heavy atom. The highest BCUT2D eigenvalue weighted by atomic mass is 35.5. The Labute approximate surface area is 182 Å². The molecule has 148 valence electrons. The average molecular weight is 446 g/mol. The molecule has 4 aromatic rings. The van der Waals surface area contributed by atoms with Gasteiger partial charge in [0.05, 0.1) is 18.6 Å².